The smallest absolute Gasteiger partial charge is 0.337 e. The summed E-state index contributed by atoms with van der Waals surface area (Å²) in [5.74, 6) is -0.916. The quantitative estimate of drug-likeness (QED) is 0.917. The summed E-state index contributed by atoms with van der Waals surface area (Å²) < 4.78 is 1.74. The van der Waals surface area contributed by atoms with Crippen LogP contribution < -0.4 is 0 Å². The van der Waals surface area contributed by atoms with Crippen LogP contribution in [0.25, 0.3) is 10.9 Å². The van der Waals surface area contributed by atoms with E-state index in [1.165, 1.54) is 0 Å². The molecule has 5 nitrogen and oxygen atoms in total. The van der Waals surface area contributed by atoms with Crippen molar-refractivity contribution in [2.75, 3.05) is 6.54 Å². The van der Waals surface area contributed by atoms with E-state index in [1.54, 1.807) is 22.9 Å². The second-order valence-electron chi connectivity index (χ2n) is 5.40. The molecule has 1 aliphatic rings. The fourth-order valence-corrected chi connectivity index (χ4v) is 2.83. The van der Waals surface area contributed by atoms with Crippen LogP contribution in [0.2, 0.25) is 0 Å². The van der Waals surface area contributed by atoms with E-state index in [1.807, 2.05) is 24.0 Å². The minimum absolute atomic E-state index is 0.0534. The van der Waals surface area contributed by atoms with Crippen molar-refractivity contribution in [3.63, 3.8) is 0 Å². The van der Waals surface area contributed by atoms with Gasteiger partial charge in [-0.2, -0.15) is 0 Å². The first-order chi connectivity index (χ1) is 10.1. The van der Waals surface area contributed by atoms with Gasteiger partial charge in [0.2, 0.25) is 5.91 Å². The topological polar surface area (TPSA) is 62.5 Å². The van der Waals surface area contributed by atoms with Crippen molar-refractivity contribution in [3.05, 3.63) is 36.0 Å². The molecule has 0 atom stereocenters. The van der Waals surface area contributed by atoms with E-state index < -0.39 is 5.97 Å². The Balaban J connectivity index is 1.93. The van der Waals surface area contributed by atoms with Gasteiger partial charge < -0.3 is 14.6 Å². The van der Waals surface area contributed by atoms with E-state index in [-0.39, 0.29) is 18.0 Å². The molecule has 3 rings (SSSR count). The lowest BCUT2D eigenvalue weighted by atomic mass is 10.1. The largest absolute Gasteiger partial charge is 0.478 e. The molecule has 1 aromatic heterocycles. The van der Waals surface area contributed by atoms with Crippen LogP contribution in [0.15, 0.2) is 30.5 Å². The molecular weight excluding hydrogens is 268 g/mol. The number of aromatic nitrogens is 1. The molecule has 0 unspecified atom stereocenters. The Hall–Kier alpha value is -2.30. The number of rotatable bonds is 5. The van der Waals surface area contributed by atoms with Crippen molar-refractivity contribution >= 4 is 22.8 Å². The highest BCUT2D eigenvalue weighted by Gasteiger charge is 2.31. The predicted octanol–water partition coefficient (Wildman–Crippen LogP) is 2.35. The van der Waals surface area contributed by atoms with E-state index in [0.29, 0.717) is 18.1 Å². The maximum Gasteiger partial charge on any atom is 0.337 e. The van der Waals surface area contributed by atoms with E-state index in [9.17, 15) is 14.7 Å². The molecule has 21 heavy (non-hydrogen) atoms. The molecule has 1 aromatic carbocycles. The fraction of sp³-hybridized carbons (Fsp3) is 0.375. The van der Waals surface area contributed by atoms with E-state index in [4.69, 9.17) is 0 Å². The van der Waals surface area contributed by atoms with Gasteiger partial charge in [0.15, 0.2) is 0 Å². The first-order valence-corrected chi connectivity index (χ1v) is 7.22. The summed E-state index contributed by atoms with van der Waals surface area (Å²) in [5.41, 5.74) is 0.852. The number of hydrogen-bond acceptors (Lipinski definition) is 2. The molecule has 1 aliphatic carbocycles. The van der Waals surface area contributed by atoms with E-state index >= 15 is 0 Å². The first kappa shape index (κ1) is 13.7. The summed E-state index contributed by atoms with van der Waals surface area (Å²) in [7, 11) is 0. The van der Waals surface area contributed by atoms with Crippen molar-refractivity contribution in [2.45, 2.75) is 32.4 Å². The maximum absolute atomic E-state index is 12.4. The molecule has 1 amide bonds. The van der Waals surface area contributed by atoms with E-state index in [0.717, 1.165) is 18.2 Å². The second-order valence-corrected chi connectivity index (χ2v) is 5.40. The number of fused-ring (bicyclic) bond motifs is 1. The molecule has 0 bridgehead atoms. The molecule has 0 aliphatic heterocycles. The lowest BCUT2D eigenvalue weighted by Crippen LogP contribution is -2.35. The lowest BCUT2D eigenvalue weighted by Gasteiger charge is -2.21. The van der Waals surface area contributed by atoms with Crippen molar-refractivity contribution in [2.24, 2.45) is 0 Å². The fourth-order valence-electron chi connectivity index (χ4n) is 2.83. The van der Waals surface area contributed by atoms with Crippen LogP contribution in [0, 0.1) is 0 Å². The van der Waals surface area contributed by atoms with Gasteiger partial charge in [-0.05, 0) is 31.9 Å². The summed E-state index contributed by atoms with van der Waals surface area (Å²) in [6.07, 6.45) is 3.94. The number of carboxylic acid groups (broad SMARTS) is 1. The second kappa shape index (κ2) is 5.24. The highest BCUT2D eigenvalue weighted by molar-refractivity contribution is 6.02. The van der Waals surface area contributed by atoms with Crippen LogP contribution in [-0.2, 0) is 11.3 Å². The number of amides is 1. The Morgan fingerprint density at radius 1 is 1.33 bits per heavy atom. The van der Waals surface area contributed by atoms with Crippen LogP contribution in [0.4, 0.5) is 0 Å². The van der Waals surface area contributed by atoms with Gasteiger partial charge in [-0.15, -0.1) is 0 Å². The molecule has 0 spiro atoms. The standard InChI is InChI=1S/C16H18N2O3/c1-2-18(12-6-7-12)14(19)10-17-9-8-11-4-3-5-13(15(11)17)16(20)21/h3-5,8-9,12H,2,6-7,10H2,1H3,(H,20,21). The molecule has 110 valence electrons. The molecule has 0 saturated heterocycles. The molecule has 1 saturated carbocycles. The minimum Gasteiger partial charge on any atom is -0.478 e. The zero-order valence-electron chi connectivity index (χ0n) is 12.0. The predicted molar refractivity (Wildman–Crippen MR) is 79.3 cm³/mol. The molecule has 5 heteroatoms. The third-order valence-electron chi connectivity index (χ3n) is 3.97. The van der Waals surface area contributed by atoms with Crippen LogP contribution in [-0.4, -0.2) is 39.0 Å². The molecule has 2 aromatic rings. The zero-order chi connectivity index (χ0) is 15.0. The number of aromatic carboxylic acids is 1. The van der Waals surface area contributed by atoms with Crippen LogP contribution in [0.1, 0.15) is 30.1 Å². The van der Waals surface area contributed by atoms with Gasteiger partial charge >= 0.3 is 5.97 Å². The highest BCUT2D eigenvalue weighted by Crippen LogP contribution is 2.27. The van der Waals surface area contributed by atoms with Crippen molar-refractivity contribution in [1.82, 2.24) is 9.47 Å². The van der Waals surface area contributed by atoms with Gasteiger partial charge in [0, 0.05) is 24.2 Å². The van der Waals surface area contributed by atoms with Gasteiger partial charge in [-0.25, -0.2) is 4.79 Å². The maximum atomic E-state index is 12.4. The number of carbonyl (C=O) groups is 2. The number of carbonyl (C=O) groups excluding carboxylic acids is 1. The zero-order valence-corrected chi connectivity index (χ0v) is 12.0. The van der Waals surface area contributed by atoms with Gasteiger partial charge in [-0.3, -0.25) is 4.79 Å². The van der Waals surface area contributed by atoms with Crippen molar-refractivity contribution in [3.8, 4) is 0 Å². The average molecular weight is 286 g/mol. The van der Waals surface area contributed by atoms with Gasteiger partial charge in [0.25, 0.3) is 0 Å². The van der Waals surface area contributed by atoms with E-state index in [2.05, 4.69) is 0 Å². The van der Waals surface area contributed by atoms with Gasteiger partial charge in [0.05, 0.1) is 11.1 Å². The summed E-state index contributed by atoms with van der Waals surface area (Å²) in [4.78, 5) is 25.6. The highest BCUT2D eigenvalue weighted by atomic mass is 16.4. The molecular formula is C16H18N2O3. The summed E-state index contributed by atoms with van der Waals surface area (Å²) in [6.45, 7) is 2.87. The Bertz CT molecular complexity index is 701. The third kappa shape index (κ3) is 2.51. The SMILES string of the molecule is CCN(C(=O)Cn1ccc2cccc(C(=O)O)c21)C1CC1. The molecule has 0 radical (unpaired) electrons. The summed E-state index contributed by atoms with van der Waals surface area (Å²) in [6, 6.07) is 7.39. The summed E-state index contributed by atoms with van der Waals surface area (Å²) in [5, 5.41) is 10.1. The van der Waals surface area contributed by atoms with Crippen LogP contribution in [0.3, 0.4) is 0 Å². The van der Waals surface area contributed by atoms with Crippen LogP contribution in [0.5, 0.6) is 0 Å². The monoisotopic (exact) mass is 286 g/mol. The Labute approximate surface area is 122 Å². The van der Waals surface area contributed by atoms with Crippen molar-refractivity contribution in [1.29, 1.82) is 0 Å². The van der Waals surface area contributed by atoms with Crippen LogP contribution >= 0.6 is 0 Å². The number of para-hydroxylation sites is 1. The third-order valence-corrected chi connectivity index (χ3v) is 3.97. The lowest BCUT2D eigenvalue weighted by molar-refractivity contribution is -0.132. The molecule has 1 fully saturated rings. The Morgan fingerprint density at radius 3 is 2.71 bits per heavy atom. The van der Waals surface area contributed by atoms with Gasteiger partial charge in [-0.1, -0.05) is 12.1 Å². The molecule has 1 N–H and O–H groups in total. The number of carboxylic acids is 1. The normalized spacial score (nSPS) is 14.3. The minimum atomic E-state index is -0.970. The Kier molecular flexibility index (Phi) is 3.41. The van der Waals surface area contributed by atoms with Crippen molar-refractivity contribution < 1.29 is 14.7 Å². The van der Waals surface area contributed by atoms with Gasteiger partial charge in [0.1, 0.15) is 6.54 Å². The number of benzene rings is 1. The number of likely N-dealkylation sites (N-methyl/N-ethyl adjacent to an activating group) is 1. The molecule has 1 heterocycles. The number of nitrogens with zero attached hydrogens (tertiary/aromatic N) is 2. The average Bonchev–Trinajstić information content (AvgIpc) is 3.21. The first-order valence-electron chi connectivity index (χ1n) is 7.22. The summed E-state index contributed by atoms with van der Waals surface area (Å²) >= 11 is 0. The number of hydrogen-bond donors (Lipinski definition) is 1. The Morgan fingerprint density at radius 2 is 2.10 bits per heavy atom.